The first kappa shape index (κ1) is 19.2. The average molecular weight is 386 g/mol. The number of allylic oxidation sites excluding steroid dienone is 2. The minimum atomic E-state index is -0.894. The number of ketones is 1. The van der Waals surface area contributed by atoms with E-state index in [0.29, 0.717) is 17.9 Å². The van der Waals surface area contributed by atoms with Crippen molar-refractivity contribution in [3.8, 4) is 11.5 Å². The van der Waals surface area contributed by atoms with Gasteiger partial charge in [-0.05, 0) is 54.6 Å². The topological polar surface area (TPSA) is 61.8 Å². The standard InChI is InChI=1S/C21H22O5S/c1-4-26-21(23)20-16(15-12-14(24-2)7-8-18(15)25-3)10-13(11-17(20)22)19-6-5-9-27-19/h5-9,11-12,16,20H,4,10H2,1-3H3. The predicted molar refractivity (Wildman–Crippen MR) is 104 cm³/mol. The maximum atomic E-state index is 12.9. The molecule has 0 saturated carbocycles. The van der Waals surface area contributed by atoms with Crippen LogP contribution in [0.1, 0.15) is 29.7 Å². The molecule has 0 radical (unpaired) electrons. The van der Waals surface area contributed by atoms with Gasteiger partial charge in [-0.25, -0.2) is 0 Å². The number of carbonyl (C=O) groups excluding carboxylic acids is 2. The molecular weight excluding hydrogens is 364 g/mol. The van der Waals surface area contributed by atoms with Gasteiger partial charge < -0.3 is 14.2 Å². The summed E-state index contributed by atoms with van der Waals surface area (Å²) in [7, 11) is 3.16. The molecule has 0 fully saturated rings. The van der Waals surface area contributed by atoms with Gasteiger partial charge in [0, 0.05) is 16.4 Å². The highest BCUT2D eigenvalue weighted by molar-refractivity contribution is 7.11. The summed E-state index contributed by atoms with van der Waals surface area (Å²) in [6, 6.07) is 9.35. The zero-order valence-corrected chi connectivity index (χ0v) is 16.4. The number of benzene rings is 1. The summed E-state index contributed by atoms with van der Waals surface area (Å²) in [5, 5.41) is 1.97. The largest absolute Gasteiger partial charge is 0.497 e. The predicted octanol–water partition coefficient (Wildman–Crippen LogP) is 4.08. The van der Waals surface area contributed by atoms with Gasteiger partial charge in [0.05, 0.1) is 20.8 Å². The van der Waals surface area contributed by atoms with E-state index in [1.807, 2.05) is 23.6 Å². The molecule has 0 saturated heterocycles. The molecule has 0 aliphatic heterocycles. The van der Waals surface area contributed by atoms with E-state index in [1.54, 1.807) is 50.7 Å². The van der Waals surface area contributed by atoms with Crippen LogP contribution in [0.3, 0.4) is 0 Å². The van der Waals surface area contributed by atoms with Crippen LogP contribution in [0, 0.1) is 5.92 Å². The first-order valence-electron chi connectivity index (χ1n) is 8.75. The fourth-order valence-corrected chi connectivity index (χ4v) is 4.19. The van der Waals surface area contributed by atoms with E-state index in [-0.39, 0.29) is 18.3 Å². The summed E-state index contributed by atoms with van der Waals surface area (Å²) >= 11 is 1.57. The van der Waals surface area contributed by atoms with E-state index in [4.69, 9.17) is 14.2 Å². The smallest absolute Gasteiger partial charge is 0.317 e. The maximum Gasteiger partial charge on any atom is 0.317 e. The minimum Gasteiger partial charge on any atom is -0.497 e. The van der Waals surface area contributed by atoms with Gasteiger partial charge in [0.1, 0.15) is 17.4 Å². The summed E-state index contributed by atoms with van der Waals surface area (Å²) in [4.78, 5) is 26.5. The second-order valence-corrected chi connectivity index (χ2v) is 7.15. The van der Waals surface area contributed by atoms with E-state index in [9.17, 15) is 9.59 Å². The quantitative estimate of drug-likeness (QED) is 0.553. The van der Waals surface area contributed by atoms with Crippen molar-refractivity contribution in [3.63, 3.8) is 0 Å². The molecule has 27 heavy (non-hydrogen) atoms. The molecule has 2 unspecified atom stereocenters. The molecule has 1 aromatic carbocycles. The van der Waals surface area contributed by atoms with Crippen molar-refractivity contribution < 1.29 is 23.8 Å². The summed E-state index contributed by atoms with van der Waals surface area (Å²) in [6.07, 6.45) is 2.12. The number of hydrogen-bond acceptors (Lipinski definition) is 6. The zero-order valence-electron chi connectivity index (χ0n) is 15.6. The van der Waals surface area contributed by atoms with E-state index in [0.717, 1.165) is 16.0 Å². The van der Waals surface area contributed by atoms with Crippen molar-refractivity contribution in [2.24, 2.45) is 5.92 Å². The van der Waals surface area contributed by atoms with Crippen molar-refractivity contribution in [2.45, 2.75) is 19.3 Å². The van der Waals surface area contributed by atoms with Crippen LogP contribution in [-0.4, -0.2) is 32.6 Å². The highest BCUT2D eigenvalue weighted by atomic mass is 32.1. The van der Waals surface area contributed by atoms with Crippen LogP contribution in [0.5, 0.6) is 11.5 Å². The van der Waals surface area contributed by atoms with Crippen LogP contribution in [-0.2, 0) is 14.3 Å². The van der Waals surface area contributed by atoms with Gasteiger partial charge in [-0.2, -0.15) is 0 Å². The normalized spacial score (nSPS) is 19.4. The summed E-state index contributed by atoms with van der Waals surface area (Å²) in [5.74, 6) is -0.751. The lowest BCUT2D eigenvalue weighted by Gasteiger charge is -2.30. The highest BCUT2D eigenvalue weighted by Gasteiger charge is 2.41. The number of rotatable bonds is 6. The third-order valence-electron chi connectivity index (χ3n) is 4.68. The molecule has 0 bridgehead atoms. The zero-order chi connectivity index (χ0) is 19.4. The van der Waals surface area contributed by atoms with Crippen LogP contribution in [0.25, 0.3) is 5.57 Å². The maximum absolute atomic E-state index is 12.9. The van der Waals surface area contributed by atoms with Gasteiger partial charge in [0.25, 0.3) is 0 Å². The highest BCUT2D eigenvalue weighted by Crippen LogP contribution is 2.45. The lowest BCUT2D eigenvalue weighted by atomic mass is 9.74. The molecule has 0 N–H and O–H groups in total. The lowest BCUT2D eigenvalue weighted by molar-refractivity contribution is -0.151. The molecule has 5 nitrogen and oxygen atoms in total. The van der Waals surface area contributed by atoms with Crippen LogP contribution in [0.4, 0.5) is 0 Å². The molecular formula is C21H22O5S. The first-order chi connectivity index (χ1) is 13.1. The van der Waals surface area contributed by atoms with Crippen molar-refractivity contribution in [3.05, 3.63) is 52.2 Å². The monoisotopic (exact) mass is 386 g/mol. The molecule has 142 valence electrons. The van der Waals surface area contributed by atoms with Crippen molar-refractivity contribution >= 4 is 28.7 Å². The van der Waals surface area contributed by atoms with Crippen LogP contribution in [0.15, 0.2) is 41.8 Å². The fourth-order valence-electron chi connectivity index (χ4n) is 3.44. The van der Waals surface area contributed by atoms with E-state index in [2.05, 4.69) is 0 Å². The Labute approximate surface area is 162 Å². The summed E-state index contributed by atoms with van der Waals surface area (Å²) in [5.41, 5.74) is 1.69. The molecule has 1 aliphatic carbocycles. The second kappa shape index (κ2) is 8.39. The molecule has 3 rings (SSSR count). The van der Waals surface area contributed by atoms with Gasteiger partial charge in [0.15, 0.2) is 5.78 Å². The SMILES string of the molecule is CCOC(=O)C1C(=O)C=C(c2cccs2)CC1c1cc(OC)ccc1OC. The average Bonchev–Trinajstić information content (AvgIpc) is 3.21. The van der Waals surface area contributed by atoms with E-state index >= 15 is 0 Å². The molecule has 0 amide bonds. The molecule has 2 aromatic rings. The van der Waals surface area contributed by atoms with Gasteiger partial charge in [0.2, 0.25) is 0 Å². The van der Waals surface area contributed by atoms with Gasteiger partial charge >= 0.3 is 5.97 Å². The van der Waals surface area contributed by atoms with E-state index < -0.39 is 11.9 Å². The molecule has 2 atom stereocenters. The Balaban J connectivity index is 2.10. The van der Waals surface area contributed by atoms with Crippen molar-refractivity contribution in [2.75, 3.05) is 20.8 Å². The Bertz CT molecular complexity index is 853. The number of methoxy groups -OCH3 is 2. The number of esters is 1. The Morgan fingerprint density at radius 3 is 2.67 bits per heavy atom. The number of thiophene rings is 1. The number of ether oxygens (including phenoxy) is 3. The third-order valence-corrected chi connectivity index (χ3v) is 5.63. The summed E-state index contributed by atoms with van der Waals surface area (Å²) < 4.78 is 16.1. The van der Waals surface area contributed by atoms with Crippen LogP contribution < -0.4 is 9.47 Å². The third kappa shape index (κ3) is 3.90. The first-order valence-corrected chi connectivity index (χ1v) is 9.63. The second-order valence-electron chi connectivity index (χ2n) is 6.20. The Morgan fingerprint density at radius 1 is 1.22 bits per heavy atom. The Morgan fingerprint density at radius 2 is 2.04 bits per heavy atom. The molecule has 0 spiro atoms. The minimum absolute atomic E-state index is 0.228. The van der Waals surface area contributed by atoms with Crippen LogP contribution in [0.2, 0.25) is 0 Å². The lowest BCUT2D eigenvalue weighted by Crippen LogP contribution is -2.34. The Kier molecular flexibility index (Phi) is 5.96. The van der Waals surface area contributed by atoms with Crippen molar-refractivity contribution in [1.82, 2.24) is 0 Å². The van der Waals surface area contributed by atoms with Crippen LogP contribution >= 0.6 is 11.3 Å². The van der Waals surface area contributed by atoms with Gasteiger partial charge in [-0.15, -0.1) is 11.3 Å². The summed E-state index contributed by atoms with van der Waals surface area (Å²) in [6.45, 7) is 1.96. The van der Waals surface area contributed by atoms with Crippen molar-refractivity contribution in [1.29, 1.82) is 0 Å². The van der Waals surface area contributed by atoms with Gasteiger partial charge in [-0.1, -0.05) is 6.07 Å². The molecule has 1 aromatic heterocycles. The molecule has 1 aliphatic rings. The Hall–Kier alpha value is -2.60. The molecule has 1 heterocycles. The number of carbonyl (C=O) groups is 2. The van der Waals surface area contributed by atoms with E-state index in [1.165, 1.54) is 0 Å². The van der Waals surface area contributed by atoms with Gasteiger partial charge in [-0.3, -0.25) is 9.59 Å². The fraction of sp³-hybridized carbons (Fsp3) is 0.333. The number of hydrogen-bond donors (Lipinski definition) is 0. The molecule has 6 heteroatoms.